The molecule has 8 nitrogen and oxygen atoms in total. The molecule has 0 aliphatic heterocycles. The maximum atomic E-state index is 14.1. The summed E-state index contributed by atoms with van der Waals surface area (Å²) in [6.07, 6.45) is 0.365. The highest BCUT2D eigenvalue weighted by Gasteiger charge is 2.33. The summed E-state index contributed by atoms with van der Waals surface area (Å²) >= 11 is 0. The van der Waals surface area contributed by atoms with E-state index in [0.29, 0.717) is 24.5 Å². The van der Waals surface area contributed by atoms with Crippen LogP contribution in [0.4, 0.5) is 5.69 Å². The van der Waals surface area contributed by atoms with E-state index in [0.717, 1.165) is 21.0 Å². The maximum Gasteiger partial charge on any atom is 0.264 e. The van der Waals surface area contributed by atoms with Crippen LogP contribution in [0.5, 0.6) is 5.75 Å². The number of rotatable bonds is 13. The van der Waals surface area contributed by atoms with Crippen molar-refractivity contribution in [2.45, 2.75) is 71.5 Å². The molecule has 0 aromatic heterocycles. The Hall–Kier alpha value is -3.85. The van der Waals surface area contributed by atoms with E-state index in [1.165, 1.54) is 17.0 Å². The maximum absolute atomic E-state index is 14.1. The van der Waals surface area contributed by atoms with Crippen molar-refractivity contribution in [3.05, 3.63) is 89.5 Å². The van der Waals surface area contributed by atoms with Gasteiger partial charge in [0.1, 0.15) is 18.3 Å². The number of anilines is 1. The van der Waals surface area contributed by atoms with Gasteiger partial charge in [-0.1, -0.05) is 54.4 Å². The number of benzene rings is 3. The third-order valence-electron chi connectivity index (χ3n) is 6.61. The van der Waals surface area contributed by atoms with Crippen molar-refractivity contribution in [1.82, 2.24) is 10.2 Å². The van der Waals surface area contributed by atoms with E-state index in [-0.39, 0.29) is 23.4 Å². The zero-order valence-electron chi connectivity index (χ0n) is 24.8. The van der Waals surface area contributed by atoms with Crippen molar-refractivity contribution in [2.24, 2.45) is 0 Å². The van der Waals surface area contributed by atoms with Crippen molar-refractivity contribution in [3.63, 3.8) is 0 Å². The number of ether oxygens (including phenoxy) is 1. The Balaban J connectivity index is 2.06. The topological polar surface area (TPSA) is 96.0 Å². The fraction of sp³-hybridized carbons (Fsp3) is 0.375. The van der Waals surface area contributed by atoms with Gasteiger partial charge in [-0.3, -0.25) is 13.9 Å². The number of sulfonamides is 1. The molecule has 41 heavy (non-hydrogen) atoms. The normalized spacial score (nSPS) is 12.1. The summed E-state index contributed by atoms with van der Waals surface area (Å²) in [6, 6.07) is 19.9. The summed E-state index contributed by atoms with van der Waals surface area (Å²) in [5.41, 5.74) is 3.15. The second-order valence-corrected chi connectivity index (χ2v) is 12.2. The second kappa shape index (κ2) is 14.2. The predicted octanol–water partition coefficient (Wildman–Crippen LogP) is 5.23. The number of hydrogen-bond donors (Lipinski definition) is 1. The van der Waals surface area contributed by atoms with Crippen LogP contribution in [0.15, 0.2) is 77.7 Å². The van der Waals surface area contributed by atoms with Crippen LogP contribution in [0.2, 0.25) is 0 Å². The number of carbonyl (C=O) groups excluding carboxylic acids is 2. The van der Waals surface area contributed by atoms with Crippen LogP contribution >= 0.6 is 0 Å². The molecule has 2 amide bonds. The van der Waals surface area contributed by atoms with Crippen LogP contribution in [0.1, 0.15) is 50.8 Å². The smallest absolute Gasteiger partial charge is 0.264 e. The van der Waals surface area contributed by atoms with Crippen molar-refractivity contribution < 1.29 is 22.7 Å². The molecule has 0 saturated heterocycles. The van der Waals surface area contributed by atoms with E-state index in [1.54, 1.807) is 36.4 Å². The number of nitrogens with zero attached hydrogens (tertiary/aromatic N) is 2. The summed E-state index contributed by atoms with van der Waals surface area (Å²) in [5.74, 6) is -0.175. The van der Waals surface area contributed by atoms with Crippen molar-refractivity contribution >= 4 is 27.5 Å². The fourth-order valence-corrected chi connectivity index (χ4v) is 5.85. The molecule has 3 rings (SSSR count). The molecule has 3 aromatic rings. The van der Waals surface area contributed by atoms with E-state index in [4.69, 9.17) is 4.74 Å². The van der Waals surface area contributed by atoms with Gasteiger partial charge in [0.25, 0.3) is 10.0 Å². The number of carbonyl (C=O) groups is 2. The first-order chi connectivity index (χ1) is 19.5. The molecule has 0 heterocycles. The molecule has 0 aliphatic carbocycles. The summed E-state index contributed by atoms with van der Waals surface area (Å²) < 4.78 is 34.6. The Bertz CT molecular complexity index is 1400. The molecule has 9 heteroatoms. The minimum atomic E-state index is -4.13. The average molecular weight is 580 g/mol. The lowest BCUT2D eigenvalue weighted by atomic mass is 10.1. The molecule has 0 fully saturated rings. The fourth-order valence-electron chi connectivity index (χ4n) is 4.43. The molecule has 3 aromatic carbocycles. The molecule has 0 radical (unpaired) electrons. The van der Waals surface area contributed by atoms with E-state index >= 15 is 0 Å². The molecule has 1 atom stereocenters. The second-order valence-electron chi connectivity index (χ2n) is 10.3. The first-order valence-electron chi connectivity index (χ1n) is 13.9. The van der Waals surface area contributed by atoms with Gasteiger partial charge < -0.3 is 15.0 Å². The third-order valence-corrected chi connectivity index (χ3v) is 8.40. The van der Waals surface area contributed by atoms with E-state index < -0.39 is 28.5 Å². The van der Waals surface area contributed by atoms with Gasteiger partial charge >= 0.3 is 0 Å². The molecular weight excluding hydrogens is 538 g/mol. The van der Waals surface area contributed by atoms with Gasteiger partial charge in [-0.15, -0.1) is 0 Å². The van der Waals surface area contributed by atoms with E-state index in [2.05, 4.69) is 5.32 Å². The van der Waals surface area contributed by atoms with Crippen molar-refractivity contribution in [2.75, 3.05) is 17.5 Å². The molecule has 220 valence electrons. The van der Waals surface area contributed by atoms with E-state index in [1.807, 2.05) is 65.8 Å². The van der Waals surface area contributed by atoms with Gasteiger partial charge in [-0.05, 0) is 83.0 Å². The van der Waals surface area contributed by atoms with Gasteiger partial charge in [0, 0.05) is 12.6 Å². The van der Waals surface area contributed by atoms with Gasteiger partial charge in [0.15, 0.2) is 0 Å². The van der Waals surface area contributed by atoms with Crippen molar-refractivity contribution in [1.29, 1.82) is 0 Å². The van der Waals surface area contributed by atoms with Gasteiger partial charge in [-0.2, -0.15) is 0 Å². The summed E-state index contributed by atoms with van der Waals surface area (Å²) in [6.45, 7) is 11.4. The van der Waals surface area contributed by atoms with Crippen molar-refractivity contribution in [3.8, 4) is 5.75 Å². The molecule has 0 spiro atoms. The lowest BCUT2D eigenvalue weighted by Gasteiger charge is -2.33. The van der Waals surface area contributed by atoms with Crippen LogP contribution in [-0.2, 0) is 26.2 Å². The standard InChI is InChI=1S/C32H41N3O5S/c1-7-30(32(37)33-23(3)4)34(21-26-13-9-24(5)10-14-26)31(36)22-35(27-15-17-28(18-16-27)40-8-2)41(38,39)29-19-11-25(6)12-20-29/h9-20,23,30H,7-8,21-22H2,1-6H3,(H,33,37). The van der Waals surface area contributed by atoms with Crippen LogP contribution < -0.4 is 14.4 Å². The Kier molecular flexibility index (Phi) is 10.9. The zero-order valence-corrected chi connectivity index (χ0v) is 25.6. The highest BCUT2D eigenvalue weighted by molar-refractivity contribution is 7.92. The van der Waals surface area contributed by atoms with Gasteiger partial charge in [0.2, 0.25) is 11.8 Å². The Morgan fingerprint density at radius 3 is 1.93 bits per heavy atom. The lowest BCUT2D eigenvalue weighted by Crippen LogP contribution is -2.53. The Morgan fingerprint density at radius 1 is 0.854 bits per heavy atom. The minimum Gasteiger partial charge on any atom is -0.494 e. The number of nitrogens with one attached hydrogen (secondary N) is 1. The largest absolute Gasteiger partial charge is 0.494 e. The van der Waals surface area contributed by atoms with Crippen LogP contribution in [-0.4, -0.2) is 50.4 Å². The average Bonchev–Trinajstić information content (AvgIpc) is 2.93. The molecular formula is C32H41N3O5S. The van der Waals surface area contributed by atoms with Gasteiger partial charge in [-0.25, -0.2) is 8.42 Å². The third kappa shape index (κ3) is 8.33. The number of aryl methyl sites for hydroxylation is 2. The quantitative estimate of drug-likeness (QED) is 0.299. The monoisotopic (exact) mass is 579 g/mol. The molecule has 1 unspecified atom stereocenters. The minimum absolute atomic E-state index is 0.0689. The molecule has 1 N–H and O–H groups in total. The van der Waals surface area contributed by atoms with Crippen LogP contribution in [0.3, 0.4) is 0 Å². The summed E-state index contributed by atoms with van der Waals surface area (Å²) in [7, 11) is -4.13. The highest BCUT2D eigenvalue weighted by Crippen LogP contribution is 2.27. The molecule has 0 saturated carbocycles. The van der Waals surface area contributed by atoms with Gasteiger partial charge in [0.05, 0.1) is 17.2 Å². The Labute approximate surface area is 244 Å². The summed E-state index contributed by atoms with van der Waals surface area (Å²) in [4.78, 5) is 28.9. The van der Waals surface area contributed by atoms with Crippen LogP contribution in [0.25, 0.3) is 0 Å². The first kappa shape index (κ1) is 31.7. The lowest BCUT2D eigenvalue weighted by molar-refractivity contribution is -0.140. The zero-order chi connectivity index (χ0) is 30.2. The highest BCUT2D eigenvalue weighted by atomic mass is 32.2. The number of hydrogen-bond acceptors (Lipinski definition) is 5. The first-order valence-corrected chi connectivity index (χ1v) is 15.4. The summed E-state index contributed by atoms with van der Waals surface area (Å²) in [5, 5.41) is 2.91. The molecule has 0 aliphatic rings. The SMILES string of the molecule is CCOc1ccc(N(CC(=O)N(Cc2ccc(C)cc2)C(CC)C(=O)NC(C)C)S(=O)(=O)c2ccc(C)cc2)cc1. The number of amides is 2. The van der Waals surface area contributed by atoms with Crippen LogP contribution in [0, 0.1) is 13.8 Å². The molecule has 0 bridgehead atoms. The van der Waals surface area contributed by atoms with E-state index in [9.17, 15) is 18.0 Å². The Morgan fingerprint density at radius 2 is 1.41 bits per heavy atom. The predicted molar refractivity (Wildman–Crippen MR) is 162 cm³/mol.